The Kier molecular flexibility index (Phi) is 5.22. The molecule has 108 valence electrons. The van der Waals surface area contributed by atoms with Crippen molar-refractivity contribution in [1.29, 1.82) is 0 Å². The van der Waals surface area contributed by atoms with Gasteiger partial charge in [0.25, 0.3) is 0 Å². The molecule has 2 aromatic rings. The molecule has 1 heterocycles. The van der Waals surface area contributed by atoms with Crippen LogP contribution in [-0.4, -0.2) is 23.3 Å². The molecule has 0 spiro atoms. The molecule has 1 aromatic heterocycles. The van der Waals surface area contributed by atoms with Crippen molar-refractivity contribution in [3.63, 3.8) is 0 Å². The smallest absolute Gasteiger partial charge is 0.244 e. The highest BCUT2D eigenvalue weighted by Crippen LogP contribution is 2.09. The maximum absolute atomic E-state index is 11.6. The lowest BCUT2D eigenvalue weighted by molar-refractivity contribution is -0.121. The molecule has 0 aliphatic carbocycles. The highest BCUT2D eigenvalue weighted by atomic mass is 32.1. The number of anilines is 1. The largest absolute Gasteiger partial charge is 0.343 e. The summed E-state index contributed by atoms with van der Waals surface area (Å²) in [5, 5.41) is 8.01. The monoisotopic (exact) mass is 301 g/mol. The van der Waals surface area contributed by atoms with E-state index in [4.69, 9.17) is 0 Å². The average Bonchev–Trinajstić information content (AvgIpc) is 2.90. The molecule has 5 nitrogen and oxygen atoms in total. The Hall–Kier alpha value is -2.47. The van der Waals surface area contributed by atoms with Crippen LogP contribution in [0.15, 0.2) is 41.8 Å². The first-order valence-corrected chi connectivity index (χ1v) is 7.24. The van der Waals surface area contributed by atoms with Crippen molar-refractivity contribution in [1.82, 2.24) is 10.3 Å². The van der Waals surface area contributed by atoms with Gasteiger partial charge in [-0.25, -0.2) is 4.98 Å². The third-order valence-electron chi connectivity index (χ3n) is 2.52. The van der Waals surface area contributed by atoms with Crippen molar-refractivity contribution in [2.24, 2.45) is 0 Å². The van der Waals surface area contributed by atoms with E-state index in [0.717, 1.165) is 10.7 Å². The van der Waals surface area contributed by atoms with E-state index in [1.165, 1.54) is 17.4 Å². The first-order chi connectivity index (χ1) is 10.1. The number of nitrogens with one attached hydrogen (secondary N) is 2. The SMILES string of the molecule is Cc1nc(/C=C/C(=O)NCC(=O)Nc2ccccc2)cs1. The van der Waals surface area contributed by atoms with Crippen LogP contribution < -0.4 is 10.6 Å². The summed E-state index contributed by atoms with van der Waals surface area (Å²) in [6, 6.07) is 9.08. The minimum atomic E-state index is -0.330. The highest BCUT2D eigenvalue weighted by molar-refractivity contribution is 7.09. The van der Waals surface area contributed by atoms with E-state index >= 15 is 0 Å². The highest BCUT2D eigenvalue weighted by Gasteiger charge is 2.03. The minimum absolute atomic E-state index is 0.0752. The molecule has 0 fully saturated rings. The number of carbonyl (C=O) groups excluding carboxylic acids is 2. The molecule has 0 atom stereocenters. The molecule has 2 rings (SSSR count). The molecule has 2 N–H and O–H groups in total. The van der Waals surface area contributed by atoms with Gasteiger partial charge >= 0.3 is 0 Å². The van der Waals surface area contributed by atoms with E-state index in [9.17, 15) is 9.59 Å². The Morgan fingerprint density at radius 3 is 2.71 bits per heavy atom. The second-order valence-corrected chi connectivity index (χ2v) is 5.32. The van der Waals surface area contributed by atoms with Crippen molar-refractivity contribution in [2.45, 2.75) is 6.92 Å². The van der Waals surface area contributed by atoms with Gasteiger partial charge in [-0.2, -0.15) is 0 Å². The van der Waals surface area contributed by atoms with Crippen molar-refractivity contribution in [2.75, 3.05) is 11.9 Å². The first kappa shape index (κ1) is 14.9. The molecule has 0 saturated heterocycles. The van der Waals surface area contributed by atoms with Crippen molar-refractivity contribution >= 4 is 34.9 Å². The number of hydrogen-bond acceptors (Lipinski definition) is 4. The zero-order chi connectivity index (χ0) is 15.1. The third-order valence-corrected chi connectivity index (χ3v) is 3.31. The van der Waals surface area contributed by atoms with Crippen LogP contribution in [0.5, 0.6) is 0 Å². The molecule has 6 heteroatoms. The number of amides is 2. The summed E-state index contributed by atoms with van der Waals surface area (Å²) in [6.07, 6.45) is 2.98. The van der Waals surface area contributed by atoms with Crippen LogP contribution >= 0.6 is 11.3 Å². The molecule has 0 aliphatic rings. The predicted molar refractivity (Wildman–Crippen MR) is 84.0 cm³/mol. The molecular formula is C15H15N3O2S. The molecule has 0 aliphatic heterocycles. The Balaban J connectivity index is 1.76. The van der Waals surface area contributed by atoms with Crippen LogP contribution in [0.1, 0.15) is 10.7 Å². The van der Waals surface area contributed by atoms with Gasteiger partial charge in [0.15, 0.2) is 0 Å². The summed E-state index contributed by atoms with van der Waals surface area (Å²) in [4.78, 5) is 27.4. The number of aromatic nitrogens is 1. The maximum atomic E-state index is 11.6. The summed E-state index contributed by atoms with van der Waals surface area (Å²) >= 11 is 1.52. The summed E-state index contributed by atoms with van der Waals surface area (Å²) in [6.45, 7) is 1.82. The zero-order valence-electron chi connectivity index (χ0n) is 11.5. The van der Waals surface area contributed by atoms with Crippen LogP contribution in [0.25, 0.3) is 6.08 Å². The molecule has 0 unspecified atom stereocenters. The fraction of sp³-hybridized carbons (Fsp3) is 0.133. The van der Waals surface area contributed by atoms with Crippen molar-refractivity contribution < 1.29 is 9.59 Å². The molecular weight excluding hydrogens is 286 g/mol. The summed E-state index contributed by atoms with van der Waals surface area (Å²) < 4.78 is 0. The summed E-state index contributed by atoms with van der Waals surface area (Å²) in [5.74, 6) is -0.601. The van der Waals surface area contributed by atoms with E-state index in [0.29, 0.717) is 5.69 Å². The molecule has 0 radical (unpaired) electrons. The molecule has 0 saturated carbocycles. The summed E-state index contributed by atoms with van der Waals surface area (Å²) in [7, 11) is 0. The number of nitrogens with zero attached hydrogens (tertiary/aromatic N) is 1. The van der Waals surface area contributed by atoms with E-state index in [1.807, 2.05) is 30.5 Å². The second kappa shape index (κ2) is 7.35. The fourth-order valence-corrected chi connectivity index (χ4v) is 2.15. The molecule has 1 aromatic carbocycles. The topological polar surface area (TPSA) is 71.1 Å². The Labute approximate surface area is 126 Å². The van der Waals surface area contributed by atoms with Crippen LogP contribution in [0.4, 0.5) is 5.69 Å². The second-order valence-electron chi connectivity index (χ2n) is 4.26. The number of thiazole rings is 1. The molecule has 2 amide bonds. The van der Waals surface area contributed by atoms with Crippen molar-refractivity contribution in [3.05, 3.63) is 52.5 Å². The Morgan fingerprint density at radius 1 is 1.29 bits per heavy atom. The maximum Gasteiger partial charge on any atom is 0.244 e. The molecule has 21 heavy (non-hydrogen) atoms. The number of aryl methyl sites for hydroxylation is 1. The third kappa shape index (κ3) is 5.19. The van der Waals surface area contributed by atoms with Gasteiger partial charge in [-0.15, -0.1) is 11.3 Å². The van der Waals surface area contributed by atoms with Crippen molar-refractivity contribution in [3.8, 4) is 0 Å². The zero-order valence-corrected chi connectivity index (χ0v) is 12.3. The van der Waals surface area contributed by atoms with Gasteiger partial charge < -0.3 is 10.6 Å². The quantitative estimate of drug-likeness (QED) is 0.832. The number of benzene rings is 1. The van der Waals surface area contributed by atoms with E-state index in [1.54, 1.807) is 18.2 Å². The standard InChI is InChI=1S/C15H15N3O2S/c1-11-17-13(10-21-11)7-8-14(19)16-9-15(20)18-12-5-3-2-4-6-12/h2-8,10H,9H2,1H3,(H,16,19)(H,18,20)/b8-7+. The number of carbonyl (C=O) groups is 2. The lowest BCUT2D eigenvalue weighted by Gasteiger charge is -2.05. The first-order valence-electron chi connectivity index (χ1n) is 6.36. The van der Waals surface area contributed by atoms with Gasteiger partial charge in [-0.3, -0.25) is 9.59 Å². The van der Waals surface area contributed by atoms with Crippen LogP contribution in [0, 0.1) is 6.92 Å². The van der Waals surface area contributed by atoms with E-state index in [-0.39, 0.29) is 18.4 Å². The number of para-hydroxylation sites is 1. The Bertz CT molecular complexity index is 650. The predicted octanol–water partition coefficient (Wildman–Crippen LogP) is 2.22. The fourth-order valence-electron chi connectivity index (χ4n) is 1.57. The van der Waals surface area contributed by atoms with Gasteiger partial charge in [0, 0.05) is 17.1 Å². The van der Waals surface area contributed by atoms with Gasteiger partial charge in [0.05, 0.1) is 17.2 Å². The number of hydrogen-bond donors (Lipinski definition) is 2. The number of rotatable bonds is 5. The minimum Gasteiger partial charge on any atom is -0.343 e. The van der Waals surface area contributed by atoms with E-state index < -0.39 is 0 Å². The Morgan fingerprint density at radius 2 is 2.05 bits per heavy atom. The summed E-state index contributed by atoms with van der Waals surface area (Å²) in [5.41, 5.74) is 1.44. The molecule has 0 bridgehead atoms. The van der Waals surface area contributed by atoms with Gasteiger partial charge in [0.1, 0.15) is 0 Å². The van der Waals surface area contributed by atoms with Gasteiger partial charge in [-0.1, -0.05) is 18.2 Å². The lowest BCUT2D eigenvalue weighted by Crippen LogP contribution is -2.31. The normalized spacial score (nSPS) is 10.5. The van der Waals surface area contributed by atoms with Gasteiger partial charge in [-0.05, 0) is 25.1 Å². The average molecular weight is 301 g/mol. The lowest BCUT2D eigenvalue weighted by atomic mass is 10.3. The van der Waals surface area contributed by atoms with E-state index in [2.05, 4.69) is 15.6 Å². The van der Waals surface area contributed by atoms with Gasteiger partial charge in [0.2, 0.25) is 11.8 Å². The van der Waals surface area contributed by atoms with Crippen LogP contribution in [-0.2, 0) is 9.59 Å². The van der Waals surface area contributed by atoms with Crippen LogP contribution in [0.3, 0.4) is 0 Å². The van der Waals surface area contributed by atoms with Crippen LogP contribution in [0.2, 0.25) is 0 Å².